The minimum absolute atomic E-state index is 0.0117. The van der Waals surface area contributed by atoms with E-state index in [1.165, 1.54) is 22.5 Å². The van der Waals surface area contributed by atoms with Gasteiger partial charge < -0.3 is 11.5 Å². The van der Waals surface area contributed by atoms with Gasteiger partial charge in [0.2, 0.25) is 15.9 Å². The fourth-order valence-electron chi connectivity index (χ4n) is 1.95. The summed E-state index contributed by atoms with van der Waals surface area (Å²) in [5.41, 5.74) is 11.2. The van der Waals surface area contributed by atoms with Crippen molar-refractivity contribution < 1.29 is 13.2 Å². The smallest absolute Gasteiger partial charge is 0.248 e. The minimum Gasteiger partial charge on any atom is -0.398 e. The molecule has 1 atom stereocenters. The zero-order chi connectivity index (χ0) is 16.2. The third-order valence-corrected chi connectivity index (χ3v) is 5.49. The number of nitrogens with zero attached hydrogens (tertiary/aromatic N) is 1. The van der Waals surface area contributed by atoms with Crippen LogP contribution in [-0.2, 0) is 10.0 Å². The van der Waals surface area contributed by atoms with Gasteiger partial charge in [0, 0.05) is 18.7 Å². The Morgan fingerprint density at radius 1 is 1.33 bits per heavy atom. The monoisotopic (exact) mass is 313 g/mol. The molecule has 1 aromatic carbocycles. The summed E-state index contributed by atoms with van der Waals surface area (Å²) >= 11 is 0. The van der Waals surface area contributed by atoms with E-state index in [-0.39, 0.29) is 22.1 Å². The highest BCUT2D eigenvalue weighted by Crippen LogP contribution is 2.24. The molecule has 0 saturated carbocycles. The minimum atomic E-state index is -3.67. The van der Waals surface area contributed by atoms with Gasteiger partial charge in [-0.3, -0.25) is 4.79 Å². The number of nitrogens with two attached hydrogens (primary N) is 2. The zero-order valence-electron chi connectivity index (χ0n) is 12.7. The fourth-order valence-corrected chi connectivity index (χ4v) is 3.62. The maximum absolute atomic E-state index is 12.6. The third kappa shape index (κ3) is 3.95. The number of anilines is 1. The van der Waals surface area contributed by atoms with Gasteiger partial charge in [0.1, 0.15) is 4.90 Å². The lowest BCUT2D eigenvalue weighted by molar-refractivity contribution is 0.1000. The summed E-state index contributed by atoms with van der Waals surface area (Å²) in [6.07, 6.45) is 0.891. The SMILES string of the molecule is CCC(C)CN(CC)S(=O)(=O)c1ccc(C(N)=O)cc1N. The Hall–Kier alpha value is -1.60. The molecule has 1 amide bonds. The Bertz CT molecular complexity index is 614. The molecule has 4 N–H and O–H groups in total. The number of carbonyl (C=O) groups is 1. The quantitative estimate of drug-likeness (QED) is 0.742. The lowest BCUT2D eigenvalue weighted by Crippen LogP contribution is -2.35. The summed E-state index contributed by atoms with van der Waals surface area (Å²) in [4.78, 5) is 11.1. The summed E-state index contributed by atoms with van der Waals surface area (Å²) in [5.74, 6) is -0.386. The number of carbonyl (C=O) groups excluding carboxylic acids is 1. The van der Waals surface area contributed by atoms with Crippen molar-refractivity contribution in [2.75, 3.05) is 18.8 Å². The summed E-state index contributed by atoms with van der Waals surface area (Å²) in [6, 6.07) is 4.01. The molecule has 1 rings (SSSR count). The predicted molar refractivity (Wildman–Crippen MR) is 83.3 cm³/mol. The van der Waals surface area contributed by atoms with E-state index < -0.39 is 15.9 Å². The van der Waals surface area contributed by atoms with Crippen LogP contribution in [0.3, 0.4) is 0 Å². The number of rotatable bonds is 7. The molecule has 0 aliphatic carbocycles. The molecule has 0 aliphatic heterocycles. The number of hydrogen-bond donors (Lipinski definition) is 2. The van der Waals surface area contributed by atoms with Crippen LogP contribution in [0, 0.1) is 5.92 Å². The molecule has 0 radical (unpaired) electrons. The van der Waals surface area contributed by atoms with Gasteiger partial charge in [-0.1, -0.05) is 27.2 Å². The van der Waals surface area contributed by atoms with Crippen LogP contribution in [0.5, 0.6) is 0 Å². The van der Waals surface area contributed by atoms with Crippen LogP contribution in [-0.4, -0.2) is 31.7 Å². The molecule has 0 aliphatic rings. The summed E-state index contributed by atoms with van der Waals surface area (Å²) < 4.78 is 26.7. The molecule has 0 spiro atoms. The van der Waals surface area contributed by atoms with Crippen molar-refractivity contribution in [1.82, 2.24) is 4.31 Å². The zero-order valence-corrected chi connectivity index (χ0v) is 13.5. The number of nitrogen functional groups attached to an aromatic ring is 1. The molecule has 1 unspecified atom stereocenters. The van der Waals surface area contributed by atoms with Crippen LogP contribution in [0.2, 0.25) is 0 Å². The van der Waals surface area contributed by atoms with Gasteiger partial charge in [-0.15, -0.1) is 0 Å². The van der Waals surface area contributed by atoms with Crippen LogP contribution in [0.25, 0.3) is 0 Å². The summed E-state index contributed by atoms with van der Waals surface area (Å²) in [5, 5.41) is 0. The van der Waals surface area contributed by atoms with E-state index in [2.05, 4.69) is 0 Å². The standard InChI is InChI=1S/C14H23N3O3S/c1-4-10(3)9-17(5-2)21(19,20)13-7-6-11(14(16)18)8-12(13)15/h6-8,10H,4-5,9,15H2,1-3H3,(H2,16,18). The van der Waals surface area contributed by atoms with Crippen molar-refractivity contribution in [3.8, 4) is 0 Å². The van der Waals surface area contributed by atoms with Crippen LogP contribution >= 0.6 is 0 Å². The number of benzene rings is 1. The molecule has 0 fully saturated rings. The Balaban J connectivity index is 3.20. The highest BCUT2D eigenvalue weighted by Gasteiger charge is 2.26. The number of amides is 1. The molecule has 6 nitrogen and oxygen atoms in total. The van der Waals surface area contributed by atoms with E-state index in [0.717, 1.165) is 6.42 Å². The first-order chi connectivity index (χ1) is 9.73. The highest BCUT2D eigenvalue weighted by atomic mass is 32.2. The van der Waals surface area contributed by atoms with Gasteiger partial charge >= 0.3 is 0 Å². The molecule has 21 heavy (non-hydrogen) atoms. The first-order valence-electron chi connectivity index (χ1n) is 6.93. The second-order valence-corrected chi connectivity index (χ2v) is 6.99. The van der Waals surface area contributed by atoms with Gasteiger partial charge in [-0.2, -0.15) is 4.31 Å². The van der Waals surface area contributed by atoms with Crippen LogP contribution in [0.4, 0.5) is 5.69 Å². The highest BCUT2D eigenvalue weighted by molar-refractivity contribution is 7.89. The molecular weight excluding hydrogens is 290 g/mol. The van der Waals surface area contributed by atoms with E-state index in [0.29, 0.717) is 13.1 Å². The second-order valence-electron chi connectivity index (χ2n) is 5.09. The lowest BCUT2D eigenvalue weighted by atomic mass is 10.1. The molecule has 0 heterocycles. The van der Waals surface area contributed by atoms with Crippen molar-refractivity contribution in [1.29, 1.82) is 0 Å². The molecule has 0 aromatic heterocycles. The van der Waals surface area contributed by atoms with Crippen LogP contribution < -0.4 is 11.5 Å². The second kappa shape index (κ2) is 6.91. The van der Waals surface area contributed by atoms with E-state index in [4.69, 9.17) is 11.5 Å². The van der Waals surface area contributed by atoms with E-state index >= 15 is 0 Å². The molecule has 118 valence electrons. The fraction of sp³-hybridized carbons (Fsp3) is 0.500. The van der Waals surface area contributed by atoms with Crippen molar-refractivity contribution in [2.24, 2.45) is 11.7 Å². The first kappa shape index (κ1) is 17.5. The molecule has 0 bridgehead atoms. The Morgan fingerprint density at radius 2 is 1.95 bits per heavy atom. The topological polar surface area (TPSA) is 106 Å². The molecule has 7 heteroatoms. The van der Waals surface area contributed by atoms with Gasteiger partial charge in [0.05, 0.1) is 5.69 Å². The molecule has 0 saturated heterocycles. The number of hydrogen-bond acceptors (Lipinski definition) is 4. The van der Waals surface area contributed by atoms with Gasteiger partial charge in [0.15, 0.2) is 0 Å². The Kier molecular flexibility index (Phi) is 5.74. The van der Waals surface area contributed by atoms with E-state index in [1.54, 1.807) is 6.92 Å². The predicted octanol–water partition coefficient (Wildman–Crippen LogP) is 1.42. The molecular formula is C14H23N3O3S. The van der Waals surface area contributed by atoms with Crippen molar-refractivity contribution in [2.45, 2.75) is 32.1 Å². The lowest BCUT2D eigenvalue weighted by Gasteiger charge is -2.24. The summed E-state index contributed by atoms with van der Waals surface area (Å²) in [6.45, 7) is 6.60. The maximum Gasteiger partial charge on any atom is 0.248 e. The molecule has 1 aromatic rings. The van der Waals surface area contributed by atoms with E-state index in [1.807, 2.05) is 13.8 Å². The average Bonchev–Trinajstić information content (AvgIpc) is 2.43. The van der Waals surface area contributed by atoms with Crippen molar-refractivity contribution in [3.63, 3.8) is 0 Å². The Morgan fingerprint density at radius 3 is 2.38 bits per heavy atom. The summed E-state index contributed by atoms with van der Waals surface area (Å²) in [7, 11) is -3.67. The average molecular weight is 313 g/mol. The third-order valence-electron chi connectivity index (χ3n) is 3.48. The maximum atomic E-state index is 12.6. The first-order valence-corrected chi connectivity index (χ1v) is 8.37. The van der Waals surface area contributed by atoms with E-state index in [9.17, 15) is 13.2 Å². The normalized spacial score (nSPS) is 13.3. The van der Waals surface area contributed by atoms with Crippen molar-refractivity contribution >= 4 is 21.6 Å². The number of sulfonamides is 1. The number of primary amides is 1. The largest absolute Gasteiger partial charge is 0.398 e. The van der Waals surface area contributed by atoms with Gasteiger partial charge in [0.25, 0.3) is 0 Å². The van der Waals surface area contributed by atoms with Crippen LogP contribution in [0.15, 0.2) is 23.1 Å². The van der Waals surface area contributed by atoms with Gasteiger partial charge in [-0.25, -0.2) is 8.42 Å². The van der Waals surface area contributed by atoms with Crippen LogP contribution in [0.1, 0.15) is 37.6 Å². The van der Waals surface area contributed by atoms with Crippen molar-refractivity contribution in [3.05, 3.63) is 23.8 Å². The Labute approximate surface area is 126 Å². The van der Waals surface area contributed by atoms with Gasteiger partial charge in [-0.05, 0) is 24.1 Å².